The Labute approximate surface area is 174 Å². The Morgan fingerprint density at radius 1 is 1.07 bits per heavy atom. The highest BCUT2D eigenvalue weighted by Gasteiger charge is 2.20. The molecular weight excluding hydrogens is 384 g/mol. The summed E-state index contributed by atoms with van der Waals surface area (Å²) in [5.41, 5.74) is 2.34. The molecular formula is C22H24N4O2S. The van der Waals surface area contributed by atoms with Crippen molar-refractivity contribution in [2.45, 2.75) is 25.8 Å². The molecule has 0 aliphatic carbocycles. The van der Waals surface area contributed by atoms with Crippen molar-refractivity contribution in [1.82, 2.24) is 20.0 Å². The molecule has 2 aromatic heterocycles. The second-order valence-electron chi connectivity index (χ2n) is 7.15. The standard InChI is InChI=1S/C22H24N4O2S/c27-20(25-12-4-5-13-25)10-11-23-22(28)18-16-26(15-17-7-2-1-3-8-17)24-21(18)19-9-6-14-29-19/h1-3,6-9,14,16H,4-5,10-13,15H2,(H,23,28). The van der Waals surface area contributed by atoms with E-state index in [1.165, 1.54) is 0 Å². The lowest BCUT2D eigenvalue weighted by atomic mass is 10.2. The van der Waals surface area contributed by atoms with Crippen molar-refractivity contribution < 1.29 is 9.59 Å². The molecule has 150 valence electrons. The van der Waals surface area contributed by atoms with Gasteiger partial charge in [-0.05, 0) is 29.9 Å². The molecule has 0 radical (unpaired) electrons. The first-order valence-electron chi connectivity index (χ1n) is 9.92. The van der Waals surface area contributed by atoms with Crippen LogP contribution in [0.5, 0.6) is 0 Å². The smallest absolute Gasteiger partial charge is 0.255 e. The van der Waals surface area contributed by atoms with E-state index in [4.69, 9.17) is 0 Å². The van der Waals surface area contributed by atoms with Gasteiger partial charge in [0.2, 0.25) is 5.91 Å². The summed E-state index contributed by atoms with van der Waals surface area (Å²) in [5, 5.41) is 9.54. The number of hydrogen-bond donors (Lipinski definition) is 1. The molecule has 29 heavy (non-hydrogen) atoms. The number of aromatic nitrogens is 2. The van der Waals surface area contributed by atoms with Gasteiger partial charge in [0.05, 0.1) is 17.0 Å². The van der Waals surface area contributed by atoms with Gasteiger partial charge in [0.25, 0.3) is 5.91 Å². The number of thiophene rings is 1. The van der Waals surface area contributed by atoms with Crippen LogP contribution < -0.4 is 5.32 Å². The van der Waals surface area contributed by atoms with Crippen molar-refractivity contribution >= 4 is 23.2 Å². The van der Waals surface area contributed by atoms with Crippen molar-refractivity contribution in [2.75, 3.05) is 19.6 Å². The number of amides is 2. The zero-order valence-corrected chi connectivity index (χ0v) is 17.0. The van der Waals surface area contributed by atoms with E-state index in [1.807, 2.05) is 52.7 Å². The lowest BCUT2D eigenvalue weighted by molar-refractivity contribution is -0.129. The van der Waals surface area contributed by atoms with E-state index in [-0.39, 0.29) is 11.8 Å². The number of rotatable bonds is 7. The van der Waals surface area contributed by atoms with Crippen LogP contribution in [0.2, 0.25) is 0 Å². The monoisotopic (exact) mass is 408 g/mol. The van der Waals surface area contributed by atoms with Gasteiger partial charge >= 0.3 is 0 Å². The van der Waals surface area contributed by atoms with Crippen LogP contribution in [0.1, 0.15) is 35.2 Å². The summed E-state index contributed by atoms with van der Waals surface area (Å²) in [7, 11) is 0. The number of carbonyl (C=O) groups is 2. The molecule has 3 heterocycles. The van der Waals surface area contributed by atoms with Crippen molar-refractivity contribution in [1.29, 1.82) is 0 Å². The first kappa shape index (κ1) is 19.4. The van der Waals surface area contributed by atoms with Gasteiger partial charge in [-0.25, -0.2) is 0 Å². The molecule has 6 nitrogen and oxygen atoms in total. The van der Waals surface area contributed by atoms with E-state index in [0.29, 0.717) is 30.8 Å². The number of carbonyl (C=O) groups excluding carboxylic acids is 2. The molecule has 7 heteroatoms. The van der Waals surface area contributed by atoms with Gasteiger partial charge in [-0.15, -0.1) is 11.3 Å². The fourth-order valence-corrected chi connectivity index (χ4v) is 4.26. The number of nitrogens with zero attached hydrogens (tertiary/aromatic N) is 3. The summed E-state index contributed by atoms with van der Waals surface area (Å²) in [5.74, 6) is -0.0806. The zero-order chi connectivity index (χ0) is 20.1. The first-order valence-corrected chi connectivity index (χ1v) is 10.8. The average Bonchev–Trinajstić information content (AvgIpc) is 3.49. The van der Waals surface area contributed by atoms with Gasteiger partial charge in [0.1, 0.15) is 5.69 Å². The lowest BCUT2D eigenvalue weighted by Gasteiger charge is -2.15. The predicted octanol–water partition coefficient (Wildman–Crippen LogP) is 3.40. The van der Waals surface area contributed by atoms with Gasteiger partial charge in [0.15, 0.2) is 0 Å². The summed E-state index contributed by atoms with van der Waals surface area (Å²) in [6.45, 7) is 2.60. The quantitative estimate of drug-likeness (QED) is 0.652. The second kappa shape index (κ2) is 9.05. The minimum atomic E-state index is -0.193. The lowest BCUT2D eigenvalue weighted by Crippen LogP contribution is -2.32. The Morgan fingerprint density at radius 3 is 2.59 bits per heavy atom. The fourth-order valence-electron chi connectivity index (χ4n) is 3.54. The molecule has 0 atom stereocenters. The summed E-state index contributed by atoms with van der Waals surface area (Å²) in [4.78, 5) is 27.9. The molecule has 1 N–H and O–H groups in total. The van der Waals surface area contributed by atoms with E-state index < -0.39 is 0 Å². The Bertz CT molecular complexity index is 960. The minimum absolute atomic E-state index is 0.112. The van der Waals surface area contributed by atoms with Crippen LogP contribution in [0, 0.1) is 0 Å². The summed E-state index contributed by atoms with van der Waals surface area (Å²) < 4.78 is 1.80. The number of likely N-dealkylation sites (tertiary alicyclic amines) is 1. The van der Waals surface area contributed by atoms with Crippen LogP contribution in [-0.2, 0) is 11.3 Å². The fraction of sp³-hybridized carbons (Fsp3) is 0.318. The van der Waals surface area contributed by atoms with Gasteiger partial charge in [-0.2, -0.15) is 5.10 Å². The molecule has 1 saturated heterocycles. The summed E-state index contributed by atoms with van der Waals surface area (Å²) in [6, 6.07) is 14.0. The molecule has 1 aliphatic heterocycles. The first-order chi connectivity index (χ1) is 14.2. The molecule has 0 spiro atoms. The average molecular weight is 409 g/mol. The summed E-state index contributed by atoms with van der Waals surface area (Å²) >= 11 is 1.56. The molecule has 2 amide bonds. The van der Waals surface area contributed by atoms with E-state index in [2.05, 4.69) is 10.4 Å². The third-order valence-corrected chi connectivity index (χ3v) is 5.91. The van der Waals surface area contributed by atoms with E-state index in [9.17, 15) is 9.59 Å². The third-order valence-electron chi connectivity index (χ3n) is 5.03. The molecule has 4 rings (SSSR count). The largest absolute Gasteiger partial charge is 0.351 e. The van der Waals surface area contributed by atoms with Crippen LogP contribution in [0.3, 0.4) is 0 Å². The van der Waals surface area contributed by atoms with Crippen LogP contribution in [0.4, 0.5) is 0 Å². The Morgan fingerprint density at radius 2 is 1.86 bits per heavy atom. The van der Waals surface area contributed by atoms with Crippen molar-refractivity contribution in [3.63, 3.8) is 0 Å². The SMILES string of the molecule is O=C(NCCC(=O)N1CCCC1)c1cn(Cc2ccccc2)nc1-c1cccs1. The maximum atomic E-state index is 12.8. The second-order valence-corrected chi connectivity index (χ2v) is 8.09. The summed E-state index contributed by atoms with van der Waals surface area (Å²) in [6.07, 6.45) is 4.27. The number of hydrogen-bond acceptors (Lipinski definition) is 4. The molecule has 1 aliphatic rings. The highest BCUT2D eigenvalue weighted by molar-refractivity contribution is 7.13. The van der Waals surface area contributed by atoms with E-state index in [0.717, 1.165) is 36.4 Å². The Kier molecular flexibility index (Phi) is 6.05. The van der Waals surface area contributed by atoms with Gasteiger partial charge in [-0.1, -0.05) is 36.4 Å². The Hall–Kier alpha value is -2.93. The van der Waals surface area contributed by atoms with E-state index in [1.54, 1.807) is 22.2 Å². The van der Waals surface area contributed by atoms with Crippen LogP contribution in [-0.4, -0.2) is 46.1 Å². The molecule has 0 unspecified atom stereocenters. The molecule has 3 aromatic rings. The van der Waals surface area contributed by atoms with Gasteiger partial charge in [0, 0.05) is 32.3 Å². The van der Waals surface area contributed by atoms with Gasteiger partial charge in [-0.3, -0.25) is 14.3 Å². The minimum Gasteiger partial charge on any atom is -0.351 e. The normalized spacial score (nSPS) is 13.6. The maximum Gasteiger partial charge on any atom is 0.255 e. The van der Waals surface area contributed by atoms with E-state index >= 15 is 0 Å². The molecule has 0 saturated carbocycles. The predicted molar refractivity (Wildman–Crippen MR) is 114 cm³/mol. The molecule has 0 bridgehead atoms. The third kappa shape index (κ3) is 4.74. The molecule has 1 fully saturated rings. The highest BCUT2D eigenvalue weighted by atomic mass is 32.1. The maximum absolute atomic E-state index is 12.8. The zero-order valence-electron chi connectivity index (χ0n) is 16.2. The van der Waals surface area contributed by atoms with Crippen molar-refractivity contribution in [2.24, 2.45) is 0 Å². The number of benzene rings is 1. The number of nitrogens with one attached hydrogen (secondary N) is 1. The van der Waals surface area contributed by atoms with Crippen molar-refractivity contribution in [3.05, 3.63) is 65.2 Å². The highest BCUT2D eigenvalue weighted by Crippen LogP contribution is 2.27. The van der Waals surface area contributed by atoms with Crippen LogP contribution >= 0.6 is 11.3 Å². The van der Waals surface area contributed by atoms with Gasteiger partial charge < -0.3 is 10.2 Å². The topological polar surface area (TPSA) is 67.2 Å². The van der Waals surface area contributed by atoms with Crippen molar-refractivity contribution in [3.8, 4) is 10.6 Å². The Balaban J connectivity index is 1.45. The van der Waals surface area contributed by atoms with Crippen LogP contribution in [0.25, 0.3) is 10.6 Å². The van der Waals surface area contributed by atoms with Crippen LogP contribution in [0.15, 0.2) is 54.0 Å². The molecule has 1 aromatic carbocycles.